The summed E-state index contributed by atoms with van der Waals surface area (Å²) in [5.41, 5.74) is 0.108. The Kier molecular flexibility index (Phi) is 5.11. The Labute approximate surface area is 139 Å². The van der Waals surface area contributed by atoms with Gasteiger partial charge >= 0.3 is 6.18 Å². The Balaban J connectivity index is 2.08. The normalized spacial score (nSPS) is 11.5. The van der Waals surface area contributed by atoms with E-state index in [-0.39, 0.29) is 18.0 Å². The molecule has 1 aromatic heterocycles. The summed E-state index contributed by atoms with van der Waals surface area (Å²) < 4.78 is 39.4. The van der Waals surface area contributed by atoms with E-state index in [1.807, 2.05) is 0 Å². The van der Waals surface area contributed by atoms with Crippen LogP contribution in [0.5, 0.6) is 0 Å². The third-order valence-corrected chi connectivity index (χ3v) is 5.02. The molecule has 1 aromatic carbocycles. The van der Waals surface area contributed by atoms with E-state index in [1.54, 1.807) is 6.07 Å². The molecule has 0 aliphatic carbocycles. The molecule has 1 N–H and O–H groups in total. The number of carbonyl (C=O) groups excluding carboxylic acids is 1. The lowest BCUT2D eigenvalue weighted by atomic mass is 10.2. The van der Waals surface area contributed by atoms with Gasteiger partial charge in [0.25, 0.3) is 0 Å². The summed E-state index contributed by atoms with van der Waals surface area (Å²) in [5, 5.41) is 2.47. The SMILES string of the molecule is O=C(Cc1cc(Br)sc1Br)Nc1cccc(C(F)(F)F)c1. The maximum atomic E-state index is 12.6. The van der Waals surface area contributed by atoms with E-state index in [0.29, 0.717) is 0 Å². The Bertz CT molecular complexity index is 670. The van der Waals surface area contributed by atoms with Crippen molar-refractivity contribution >= 4 is 54.8 Å². The van der Waals surface area contributed by atoms with Crippen LogP contribution >= 0.6 is 43.2 Å². The maximum Gasteiger partial charge on any atom is 0.416 e. The maximum absolute atomic E-state index is 12.6. The van der Waals surface area contributed by atoms with Crippen molar-refractivity contribution in [2.24, 2.45) is 0 Å². The molecule has 0 atom stereocenters. The van der Waals surface area contributed by atoms with Gasteiger partial charge in [0.1, 0.15) is 0 Å². The van der Waals surface area contributed by atoms with Gasteiger partial charge in [-0.05, 0) is 61.7 Å². The minimum absolute atomic E-state index is 0.0823. The second kappa shape index (κ2) is 6.50. The molecule has 0 saturated heterocycles. The fraction of sp³-hybridized carbons (Fsp3) is 0.154. The topological polar surface area (TPSA) is 29.1 Å². The van der Waals surface area contributed by atoms with Crippen molar-refractivity contribution in [3.63, 3.8) is 0 Å². The molecule has 1 amide bonds. The third kappa shape index (κ3) is 4.55. The van der Waals surface area contributed by atoms with E-state index in [4.69, 9.17) is 0 Å². The lowest BCUT2D eigenvalue weighted by molar-refractivity contribution is -0.137. The molecule has 0 aliphatic heterocycles. The largest absolute Gasteiger partial charge is 0.416 e. The molecule has 2 nitrogen and oxygen atoms in total. The van der Waals surface area contributed by atoms with Gasteiger partial charge in [-0.25, -0.2) is 0 Å². The van der Waals surface area contributed by atoms with Gasteiger partial charge in [-0.1, -0.05) is 6.07 Å². The van der Waals surface area contributed by atoms with Crippen molar-refractivity contribution in [1.82, 2.24) is 0 Å². The summed E-state index contributed by atoms with van der Waals surface area (Å²) in [6.07, 6.45) is -4.35. The van der Waals surface area contributed by atoms with E-state index >= 15 is 0 Å². The highest BCUT2D eigenvalue weighted by molar-refractivity contribution is 9.12. The third-order valence-electron chi connectivity index (χ3n) is 2.55. The molecule has 0 spiro atoms. The van der Waals surface area contributed by atoms with Crippen molar-refractivity contribution in [3.8, 4) is 0 Å². The van der Waals surface area contributed by atoms with E-state index < -0.39 is 11.7 Å². The summed E-state index contributed by atoms with van der Waals surface area (Å²) >= 11 is 8.06. The molecule has 0 radical (unpaired) electrons. The van der Waals surface area contributed by atoms with Gasteiger partial charge in [0.05, 0.1) is 19.6 Å². The van der Waals surface area contributed by atoms with E-state index in [9.17, 15) is 18.0 Å². The summed E-state index contributed by atoms with van der Waals surface area (Å²) in [5.74, 6) is -0.375. The van der Waals surface area contributed by atoms with Crippen LogP contribution in [-0.2, 0) is 17.4 Å². The lowest BCUT2D eigenvalue weighted by Crippen LogP contribution is -2.15. The van der Waals surface area contributed by atoms with Crippen LogP contribution in [0.1, 0.15) is 11.1 Å². The average Bonchev–Trinajstić information content (AvgIpc) is 2.67. The quantitative estimate of drug-likeness (QED) is 0.670. The first-order valence-corrected chi connectivity index (χ1v) is 8.07. The number of amides is 1. The zero-order valence-electron chi connectivity index (χ0n) is 10.3. The molecule has 0 aliphatic rings. The van der Waals surface area contributed by atoms with Crippen LogP contribution in [0, 0.1) is 0 Å². The second-order valence-corrected chi connectivity index (χ2v) is 7.90. The van der Waals surface area contributed by atoms with Crippen molar-refractivity contribution in [3.05, 3.63) is 49.0 Å². The number of thiophene rings is 1. The Morgan fingerprint density at radius 1 is 1.24 bits per heavy atom. The zero-order chi connectivity index (χ0) is 15.6. The number of anilines is 1. The van der Waals surface area contributed by atoms with Crippen molar-refractivity contribution in [2.45, 2.75) is 12.6 Å². The number of halogens is 5. The minimum Gasteiger partial charge on any atom is -0.326 e. The summed E-state index contributed by atoms with van der Waals surface area (Å²) in [6.45, 7) is 0. The molecule has 0 saturated carbocycles. The van der Waals surface area contributed by atoms with E-state index in [2.05, 4.69) is 37.2 Å². The van der Waals surface area contributed by atoms with Gasteiger partial charge in [0.2, 0.25) is 5.91 Å². The predicted molar refractivity (Wildman–Crippen MR) is 83.5 cm³/mol. The smallest absolute Gasteiger partial charge is 0.326 e. The molecule has 0 unspecified atom stereocenters. The van der Waals surface area contributed by atoms with E-state index in [0.717, 1.165) is 25.3 Å². The number of benzene rings is 1. The van der Waals surface area contributed by atoms with Crippen molar-refractivity contribution < 1.29 is 18.0 Å². The molecule has 2 rings (SSSR count). The molecule has 2 aromatic rings. The standard InChI is InChI=1S/C13H8Br2F3NOS/c14-10-4-7(12(15)21-10)5-11(20)19-9-3-1-2-8(6-9)13(16,17)18/h1-4,6H,5H2,(H,19,20). The van der Waals surface area contributed by atoms with Crippen LogP contribution in [0.15, 0.2) is 37.9 Å². The predicted octanol–water partition coefficient (Wildman–Crippen LogP) is 5.47. The van der Waals surface area contributed by atoms with Gasteiger partial charge in [0, 0.05) is 5.69 Å². The average molecular weight is 443 g/mol. The van der Waals surface area contributed by atoms with Crippen LogP contribution in [0.4, 0.5) is 18.9 Å². The van der Waals surface area contributed by atoms with Crippen LogP contribution in [0.3, 0.4) is 0 Å². The first-order valence-electron chi connectivity index (χ1n) is 5.66. The van der Waals surface area contributed by atoms with E-state index in [1.165, 1.54) is 23.5 Å². The first-order chi connectivity index (χ1) is 9.75. The summed E-state index contributed by atoms with van der Waals surface area (Å²) in [6, 6.07) is 6.35. The van der Waals surface area contributed by atoms with Gasteiger partial charge < -0.3 is 5.32 Å². The van der Waals surface area contributed by atoms with Gasteiger partial charge in [-0.2, -0.15) is 13.2 Å². The number of alkyl halides is 3. The van der Waals surface area contributed by atoms with Gasteiger partial charge in [-0.15, -0.1) is 11.3 Å². The Morgan fingerprint density at radius 3 is 2.52 bits per heavy atom. The summed E-state index contributed by atoms with van der Waals surface area (Å²) in [7, 11) is 0. The van der Waals surface area contributed by atoms with Crippen molar-refractivity contribution in [1.29, 1.82) is 0 Å². The second-order valence-electron chi connectivity index (χ2n) is 4.15. The van der Waals surface area contributed by atoms with Gasteiger partial charge in [-0.3, -0.25) is 4.79 Å². The van der Waals surface area contributed by atoms with Crippen LogP contribution in [-0.4, -0.2) is 5.91 Å². The van der Waals surface area contributed by atoms with Crippen molar-refractivity contribution in [2.75, 3.05) is 5.32 Å². The lowest BCUT2D eigenvalue weighted by Gasteiger charge is -2.09. The monoisotopic (exact) mass is 441 g/mol. The number of hydrogen-bond acceptors (Lipinski definition) is 2. The molecule has 0 fully saturated rings. The highest BCUT2D eigenvalue weighted by Crippen LogP contribution is 2.33. The molecule has 8 heteroatoms. The molecular formula is C13H8Br2F3NOS. The fourth-order valence-corrected chi connectivity index (χ4v) is 4.47. The van der Waals surface area contributed by atoms with Crippen LogP contribution in [0.25, 0.3) is 0 Å². The minimum atomic E-state index is -4.43. The van der Waals surface area contributed by atoms with Crippen LogP contribution in [0.2, 0.25) is 0 Å². The molecule has 1 heterocycles. The molecule has 21 heavy (non-hydrogen) atoms. The van der Waals surface area contributed by atoms with Crippen LogP contribution < -0.4 is 5.32 Å². The number of hydrogen-bond donors (Lipinski definition) is 1. The number of nitrogens with one attached hydrogen (secondary N) is 1. The number of carbonyl (C=O) groups is 1. The number of rotatable bonds is 3. The Morgan fingerprint density at radius 2 is 1.95 bits per heavy atom. The molecular weight excluding hydrogens is 435 g/mol. The zero-order valence-corrected chi connectivity index (χ0v) is 14.3. The highest BCUT2D eigenvalue weighted by Gasteiger charge is 2.30. The van der Waals surface area contributed by atoms with Gasteiger partial charge in [0.15, 0.2) is 0 Å². The molecule has 0 bridgehead atoms. The Hall–Kier alpha value is -0.860. The summed E-state index contributed by atoms with van der Waals surface area (Å²) in [4.78, 5) is 11.9. The molecule has 112 valence electrons. The fourth-order valence-electron chi connectivity index (χ4n) is 1.65. The highest BCUT2D eigenvalue weighted by atomic mass is 79.9. The first kappa shape index (κ1) is 16.5.